The van der Waals surface area contributed by atoms with E-state index in [0.29, 0.717) is 11.8 Å². The number of aldehydes is 1. The van der Waals surface area contributed by atoms with Crippen LogP contribution in [0.3, 0.4) is 0 Å². The van der Waals surface area contributed by atoms with Gasteiger partial charge in [0.15, 0.2) is 0 Å². The third kappa shape index (κ3) is 2.37. The normalized spacial score (nSPS) is 13.7. The van der Waals surface area contributed by atoms with Gasteiger partial charge in [0.05, 0.1) is 0 Å². The van der Waals surface area contributed by atoms with E-state index in [2.05, 4.69) is 0 Å². The molecule has 0 saturated heterocycles. The molecule has 14 heavy (non-hydrogen) atoms. The molecule has 1 nitrogen and oxygen atoms in total. The van der Waals surface area contributed by atoms with Crippen LogP contribution in [0.25, 0.3) is 0 Å². The van der Waals surface area contributed by atoms with Gasteiger partial charge in [-0.25, -0.2) is 8.78 Å². The minimum Gasteiger partial charge on any atom is -0.302 e. The highest BCUT2D eigenvalue weighted by molar-refractivity contribution is 5.64. The minimum atomic E-state index is -3.00. The summed E-state index contributed by atoms with van der Waals surface area (Å²) in [5.41, 5.74) is 1.24. The van der Waals surface area contributed by atoms with Crippen molar-refractivity contribution in [3.8, 4) is 0 Å². The summed E-state index contributed by atoms with van der Waals surface area (Å²) in [7, 11) is 0. The van der Waals surface area contributed by atoms with E-state index in [4.69, 9.17) is 0 Å². The van der Waals surface area contributed by atoms with E-state index in [9.17, 15) is 13.6 Å². The average molecular weight is 198 g/mol. The fourth-order valence-corrected chi connectivity index (χ4v) is 1.35. The fraction of sp³-hybridized carbons (Fsp3) is 0.364. The van der Waals surface area contributed by atoms with Crippen LogP contribution in [0, 0.1) is 6.92 Å². The van der Waals surface area contributed by atoms with E-state index in [0.717, 1.165) is 12.5 Å². The molecule has 0 spiro atoms. The van der Waals surface area contributed by atoms with Crippen LogP contribution in [0.5, 0.6) is 0 Å². The maximum absolute atomic E-state index is 13.0. The number of hydrogen-bond donors (Lipinski definition) is 0. The van der Waals surface area contributed by atoms with Crippen LogP contribution in [0.2, 0.25) is 0 Å². The molecule has 1 aromatic carbocycles. The molecule has 1 aromatic rings. The van der Waals surface area contributed by atoms with Gasteiger partial charge in [0.25, 0.3) is 5.92 Å². The highest BCUT2D eigenvalue weighted by atomic mass is 19.3. The summed E-state index contributed by atoms with van der Waals surface area (Å²) in [6.07, 6.45) is 0.300. The van der Waals surface area contributed by atoms with E-state index in [-0.39, 0.29) is 0 Å². The standard InChI is InChI=1S/C11H12F2O/c1-8-4-3-5-9(6-8)10(7-14)11(2,12)13/h3-7,10H,1-2H3. The highest BCUT2D eigenvalue weighted by Gasteiger charge is 2.34. The van der Waals surface area contributed by atoms with Gasteiger partial charge in [0, 0.05) is 6.92 Å². The molecule has 3 heteroatoms. The number of aryl methyl sites for hydroxylation is 1. The van der Waals surface area contributed by atoms with E-state index in [1.807, 2.05) is 0 Å². The Bertz CT molecular complexity index is 328. The summed E-state index contributed by atoms with van der Waals surface area (Å²) in [5.74, 6) is -4.35. The molecule has 0 heterocycles. The molecule has 0 aromatic heterocycles. The Hall–Kier alpha value is -1.25. The summed E-state index contributed by atoms with van der Waals surface area (Å²) in [4.78, 5) is 10.6. The van der Waals surface area contributed by atoms with E-state index < -0.39 is 11.8 Å². The molecule has 1 unspecified atom stereocenters. The van der Waals surface area contributed by atoms with Gasteiger partial charge in [-0.1, -0.05) is 29.8 Å². The van der Waals surface area contributed by atoms with Crippen LogP contribution < -0.4 is 0 Å². The van der Waals surface area contributed by atoms with Gasteiger partial charge < -0.3 is 4.79 Å². The molecule has 0 saturated carbocycles. The minimum absolute atomic E-state index is 0.300. The number of alkyl halides is 2. The third-order valence-electron chi connectivity index (χ3n) is 2.08. The number of halogens is 2. The first-order valence-corrected chi connectivity index (χ1v) is 4.35. The predicted molar refractivity (Wildman–Crippen MR) is 50.6 cm³/mol. The molecule has 0 fully saturated rings. The van der Waals surface area contributed by atoms with Gasteiger partial charge in [-0.2, -0.15) is 0 Å². The first-order chi connectivity index (χ1) is 6.45. The van der Waals surface area contributed by atoms with Crippen molar-refractivity contribution in [1.82, 2.24) is 0 Å². The molecular formula is C11H12F2O. The zero-order chi connectivity index (χ0) is 10.8. The second-order valence-electron chi connectivity index (χ2n) is 3.48. The van der Waals surface area contributed by atoms with Gasteiger partial charge in [0.2, 0.25) is 0 Å². The predicted octanol–water partition coefficient (Wildman–Crippen LogP) is 2.93. The Morgan fingerprint density at radius 1 is 1.43 bits per heavy atom. The van der Waals surface area contributed by atoms with Crippen molar-refractivity contribution in [2.75, 3.05) is 0 Å². The number of carbonyl (C=O) groups excluding carboxylic acids is 1. The molecule has 76 valence electrons. The number of hydrogen-bond acceptors (Lipinski definition) is 1. The zero-order valence-corrected chi connectivity index (χ0v) is 8.13. The molecule has 0 aliphatic carbocycles. The van der Waals surface area contributed by atoms with Crippen LogP contribution in [-0.2, 0) is 4.79 Å². The summed E-state index contributed by atoms with van der Waals surface area (Å²) in [6, 6.07) is 6.63. The van der Waals surface area contributed by atoms with Crippen LogP contribution in [0.4, 0.5) is 8.78 Å². The van der Waals surface area contributed by atoms with Gasteiger partial charge in [-0.05, 0) is 12.5 Å². The molecule has 0 amide bonds. The summed E-state index contributed by atoms with van der Waals surface area (Å²) in [5, 5.41) is 0. The smallest absolute Gasteiger partial charge is 0.258 e. The molecule has 1 atom stereocenters. The second kappa shape index (κ2) is 3.86. The molecule has 0 N–H and O–H groups in total. The Morgan fingerprint density at radius 3 is 2.50 bits per heavy atom. The molecular weight excluding hydrogens is 186 g/mol. The molecule has 0 aliphatic heterocycles. The average Bonchev–Trinajstić information content (AvgIpc) is 2.02. The topological polar surface area (TPSA) is 17.1 Å². The molecule has 1 rings (SSSR count). The third-order valence-corrected chi connectivity index (χ3v) is 2.08. The van der Waals surface area contributed by atoms with Crippen molar-refractivity contribution in [3.63, 3.8) is 0 Å². The number of rotatable bonds is 3. The Labute approximate surface area is 81.7 Å². The van der Waals surface area contributed by atoms with Crippen LogP contribution in [0.1, 0.15) is 24.0 Å². The molecule has 0 aliphatic rings. The van der Waals surface area contributed by atoms with E-state index >= 15 is 0 Å². The lowest BCUT2D eigenvalue weighted by atomic mass is 9.94. The largest absolute Gasteiger partial charge is 0.302 e. The second-order valence-corrected chi connectivity index (χ2v) is 3.48. The van der Waals surface area contributed by atoms with E-state index in [1.165, 1.54) is 0 Å². The van der Waals surface area contributed by atoms with E-state index in [1.54, 1.807) is 31.2 Å². The maximum atomic E-state index is 13.0. The highest BCUT2D eigenvalue weighted by Crippen LogP contribution is 2.31. The molecule has 0 radical (unpaired) electrons. The summed E-state index contributed by atoms with van der Waals surface area (Å²) < 4.78 is 25.9. The van der Waals surface area contributed by atoms with Crippen molar-refractivity contribution in [3.05, 3.63) is 35.4 Å². The SMILES string of the molecule is Cc1cccc(C(C=O)C(C)(F)F)c1. The first-order valence-electron chi connectivity index (χ1n) is 4.35. The summed E-state index contributed by atoms with van der Waals surface area (Å²) in [6.45, 7) is 2.56. The monoisotopic (exact) mass is 198 g/mol. The van der Waals surface area contributed by atoms with Crippen molar-refractivity contribution in [1.29, 1.82) is 0 Å². The van der Waals surface area contributed by atoms with Gasteiger partial charge in [0.1, 0.15) is 12.2 Å². The fourth-order valence-electron chi connectivity index (χ4n) is 1.35. The number of benzene rings is 1. The van der Waals surface area contributed by atoms with Crippen LogP contribution in [-0.4, -0.2) is 12.2 Å². The van der Waals surface area contributed by atoms with Crippen molar-refractivity contribution in [2.24, 2.45) is 0 Å². The Morgan fingerprint density at radius 2 is 2.07 bits per heavy atom. The van der Waals surface area contributed by atoms with Crippen LogP contribution >= 0.6 is 0 Å². The lowest BCUT2D eigenvalue weighted by molar-refractivity contribution is -0.116. The van der Waals surface area contributed by atoms with Crippen molar-refractivity contribution in [2.45, 2.75) is 25.7 Å². The van der Waals surface area contributed by atoms with Crippen LogP contribution in [0.15, 0.2) is 24.3 Å². The van der Waals surface area contributed by atoms with Gasteiger partial charge >= 0.3 is 0 Å². The molecule has 0 bridgehead atoms. The van der Waals surface area contributed by atoms with Gasteiger partial charge in [-0.15, -0.1) is 0 Å². The lowest BCUT2D eigenvalue weighted by Crippen LogP contribution is -2.23. The van der Waals surface area contributed by atoms with Gasteiger partial charge in [-0.3, -0.25) is 0 Å². The lowest BCUT2D eigenvalue weighted by Gasteiger charge is -2.18. The van der Waals surface area contributed by atoms with Crippen molar-refractivity contribution >= 4 is 6.29 Å². The maximum Gasteiger partial charge on any atom is 0.258 e. The van der Waals surface area contributed by atoms with Crippen molar-refractivity contribution < 1.29 is 13.6 Å². The quantitative estimate of drug-likeness (QED) is 0.682. The zero-order valence-electron chi connectivity index (χ0n) is 8.13. The summed E-state index contributed by atoms with van der Waals surface area (Å²) >= 11 is 0. The Balaban J connectivity index is 3.07. The Kier molecular flexibility index (Phi) is 2.99. The number of carbonyl (C=O) groups is 1. The first kappa shape index (κ1) is 10.8.